The first-order chi connectivity index (χ1) is 8.06. The van der Waals surface area contributed by atoms with Crippen molar-refractivity contribution in [1.82, 2.24) is 10.3 Å². The zero-order chi connectivity index (χ0) is 12.3. The van der Waals surface area contributed by atoms with Gasteiger partial charge < -0.3 is 5.32 Å². The molecular formula is C11H17N3O2S. The molecule has 1 unspecified atom stereocenters. The Balaban J connectivity index is 1.82. The van der Waals surface area contributed by atoms with Gasteiger partial charge in [-0.15, -0.1) is 0 Å². The molecule has 0 saturated carbocycles. The van der Waals surface area contributed by atoms with Crippen molar-refractivity contribution in [3.8, 4) is 0 Å². The highest BCUT2D eigenvalue weighted by atomic mass is 32.2. The Morgan fingerprint density at radius 2 is 2.35 bits per heavy atom. The molecule has 5 nitrogen and oxygen atoms in total. The average Bonchev–Trinajstić information content (AvgIpc) is 2.67. The molecule has 3 N–H and O–H groups in total. The van der Waals surface area contributed by atoms with Crippen LogP contribution in [0.15, 0.2) is 18.3 Å². The summed E-state index contributed by atoms with van der Waals surface area (Å²) >= 11 is 0. The Hall–Kier alpha value is -0.980. The SMILES string of the molecule is NS(=O)(=O)CCCNC1CCc2cccnc21. The van der Waals surface area contributed by atoms with Gasteiger partial charge >= 0.3 is 0 Å². The summed E-state index contributed by atoms with van der Waals surface area (Å²) in [5, 5.41) is 8.27. The molecule has 0 bridgehead atoms. The third kappa shape index (κ3) is 3.49. The number of pyridine rings is 1. The monoisotopic (exact) mass is 255 g/mol. The van der Waals surface area contributed by atoms with Crippen molar-refractivity contribution in [2.45, 2.75) is 25.3 Å². The van der Waals surface area contributed by atoms with Crippen LogP contribution >= 0.6 is 0 Å². The van der Waals surface area contributed by atoms with Gasteiger partial charge in [-0.1, -0.05) is 6.07 Å². The summed E-state index contributed by atoms with van der Waals surface area (Å²) in [7, 11) is -3.34. The van der Waals surface area contributed by atoms with Crippen LogP contribution in [-0.2, 0) is 16.4 Å². The van der Waals surface area contributed by atoms with Gasteiger partial charge in [-0.3, -0.25) is 4.98 Å². The second-order valence-corrected chi connectivity index (χ2v) is 6.05. The Morgan fingerprint density at radius 3 is 3.12 bits per heavy atom. The molecule has 0 radical (unpaired) electrons. The number of nitrogens with two attached hydrogens (primary N) is 1. The number of rotatable bonds is 5. The van der Waals surface area contributed by atoms with E-state index in [4.69, 9.17) is 5.14 Å². The van der Waals surface area contributed by atoms with E-state index in [1.165, 1.54) is 5.56 Å². The van der Waals surface area contributed by atoms with Gasteiger partial charge in [0.2, 0.25) is 10.0 Å². The highest BCUT2D eigenvalue weighted by molar-refractivity contribution is 7.89. The van der Waals surface area contributed by atoms with Crippen LogP contribution in [-0.4, -0.2) is 25.7 Å². The molecule has 6 heteroatoms. The number of aryl methyl sites for hydroxylation is 1. The number of aromatic nitrogens is 1. The van der Waals surface area contributed by atoms with Crippen LogP contribution in [0.25, 0.3) is 0 Å². The van der Waals surface area contributed by atoms with Crippen molar-refractivity contribution in [3.05, 3.63) is 29.6 Å². The van der Waals surface area contributed by atoms with E-state index >= 15 is 0 Å². The largest absolute Gasteiger partial charge is 0.309 e. The van der Waals surface area contributed by atoms with Crippen molar-refractivity contribution in [1.29, 1.82) is 0 Å². The number of primary sulfonamides is 1. The van der Waals surface area contributed by atoms with Crippen molar-refractivity contribution < 1.29 is 8.42 Å². The first-order valence-corrected chi connectivity index (χ1v) is 7.45. The molecule has 0 amide bonds. The minimum Gasteiger partial charge on any atom is -0.309 e. The predicted octanol–water partition coefficient (Wildman–Crippen LogP) is 0.337. The lowest BCUT2D eigenvalue weighted by atomic mass is 10.2. The Morgan fingerprint density at radius 1 is 1.53 bits per heavy atom. The number of nitrogens with one attached hydrogen (secondary N) is 1. The van der Waals surface area contributed by atoms with Gasteiger partial charge in [-0.05, 0) is 37.4 Å². The van der Waals surface area contributed by atoms with Crippen LogP contribution in [0.3, 0.4) is 0 Å². The molecule has 2 rings (SSSR count). The van der Waals surface area contributed by atoms with Gasteiger partial charge in [-0.25, -0.2) is 13.6 Å². The minimum absolute atomic E-state index is 0.0296. The Labute approximate surface area is 101 Å². The number of nitrogens with zero attached hydrogens (tertiary/aromatic N) is 1. The highest BCUT2D eigenvalue weighted by Gasteiger charge is 2.22. The molecular weight excluding hydrogens is 238 g/mol. The fraction of sp³-hybridized carbons (Fsp3) is 0.545. The lowest BCUT2D eigenvalue weighted by Gasteiger charge is -2.12. The molecule has 1 heterocycles. The van der Waals surface area contributed by atoms with E-state index in [9.17, 15) is 8.42 Å². The molecule has 17 heavy (non-hydrogen) atoms. The molecule has 1 atom stereocenters. The summed E-state index contributed by atoms with van der Waals surface area (Å²) in [6.45, 7) is 0.650. The summed E-state index contributed by atoms with van der Waals surface area (Å²) in [5.74, 6) is 0.0296. The number of hydrogen-bond donors (Lipinski definition) is 2. The Bertz CT molecular complexity index is 487. The van der Waals surface area contributed by atoms with Crippen molar-refractivity contribution in [3.63, 3.8) is 0 Å². The average molecular weight is 255 g/mol. The standard InChI is InChI=1S/C11H17N3O2S/c12-17(15,16)8-2-7-13-10-5-4-9-3-1-6-14-11(9)10/h1,3,6,10,13H,2,4-5,7-8H2,(H2,12,15,16). The van der Waals surface area contributed by atoms with Crippen LogP contribution in [0.2, 0.25) is 0 Å². The zero-order valence-electron chi connectivity index (χ0n) is 9.59. The number of sulfonamides is 1. The summed E-state index contributed by atoms with van der Waals surface area (Å²) in [6, 6.07) is 4.29. The molecule has 94 valence electrons. The maximum atomic E-state index is 10.8. The van der Waals surface area contributed by atoms with E-state index in [-0.39, 0.29) is 11.8 Å². The lowest BCUT2D eigenvalue weighted by Crippen LogP contribution is -2.25. The molecule has 0 aromatic carbocycles. The lowest BCUT2D eigenvalue weighted by molar-refractivity contribution is 0.518. The third-order valence-electron chi connectivity index (χ3n) is 2.95. The number of fused-ring (bicyclic) bond motifs is 1. The molecule has 1 aromatic heterocycles. The molecule has 0 fully saturated rings. The van der Waals surface area contributed by atoms with Crippen molar-refractivity contribution in [2.24, 2.45) is 5.14 Å². The summed E-state index contributed by atoms with van der Waals surface area (Å²) in [4.78, 5) is 4.36. The molecule has 0 spiro atoms. The maximum Gasteiger partial charge on any atom is 0.209 e. The van der Waals surface area contributed by atoms with Crippen molar-refractivity contribution >= 4 is 10.0 Å². The smallest absolute Gasteiger partial charge is 0.209 e. The zero-order valence-corrected chi connectivity index (χ0v) is 10.4. The summed E-state index contributed by atoms with van der Waals surface area (Å²) in [5.41, 5.74) is 2.39. The second-order valence-electron chi connectivity index (χ2n) is 4.31. The van der Waals surface area contributed by atoms with E-state index in [0.717, 1.165) is 18.5 Å². The summed E-state index contributed by atoms with van der Waals surface area (Å²) in [6.07, 6.45) is 4.40. The summed E-state index contributed by atoms with van der Waals surface area (Å²) < 4.78 is 21.5. The van der Waals surface area contributed by atoms with Crippen LogP contribution < -0.4 is 10.5 Å². The molecule has 1 aliphatic carbocycles. The highest BCUT2D eigenvalue weighted by Crippen LogP contribution is 2.28. The number of hydrogen-bond acceptors (Lipinski definition) is 4. The van der Waals surface area contributed by atoms with E-state index in [1.54, 1.807) is 6.20 Å². The molecule has 1 aliphatic rings. The third-order valence-corrected chi connectivity index (χ3v) is 3.81. The Kier molecular flexibility index (Phi) is 3.76. The van der Waals surface area contributed by atoms with E-state index in [2.05, 4.69) is 16.4 Å². The minimum atomic E-state index is -3.34. The quantitative estimate of drug-likeness (QED) is 0.743. The van der Waals surface area contributed by atoms with Gasteiger partial charge in [0.25, 0.3) is 0 Å². The van der Waals surface area contributed by atoms with E-state index < -0.39 is 10.0 Å². The van der Waals surface area contributed by atoms with E-state index in [0.29, 0.717) is 13.0 Å². The van der Waals surface area contributed by atoms with Gasteiger partial charge in [0.05, 0.1) is 17.5 Å². The van der Waals surface area contributed by atoms with E-state index in [1.807, 2.05) is 6.07 Å². The van der Waals surface area contributed by atoms with Gasteiger partial charge in [0.1, 0.15) is 0 Å². The molecule has 1 aromatic rings. The normalized spacial score (nSPS) is 19.2. The first-order valence-electron chi connectivity index (χ1n) is 5.74. The topological polar surface area (TPSA) is 85.1 Å². The van der Waals surface area contributed by atoms with Gasteiger partial charge in [0, 0.05) is 6.20 Å². The fourth-order valence-electron chi connectivity index (χ4n) is 2.16. The van der Waals surface area contributed by atoms with Crippen molar-refractivity contribution in [2.75, 3.05) is 12.3 Å². The van der Waals surface area contributed by atoms with Gasteiger partial charge in [0.15, 0.2) is 0 Å². The van der Waals surface area contributed by atoms with Gasteiger partial charge in [-0.2, -0.15) is 0 Å². The first kappa shape index (κ1) is 12.5. The second kappa shape index (κ2) is 5.12. The van der Waals surface area contributed by atoms with Crippen LogP contribution in [0.5, 0.6) is 0 Å². The fourth-order valence-corrected chi connectivity index (χ4v) is 2.71. The predicted molar refractivity (Wildman–Crippen MR) is 65.9 cm³/mol. The van der Waals surface area contributed by atoms with Crippen LogP contribution in [0.1, 0.15) is 30.1 Å². The molecule has 0 saturated heterocycles. The van der Waals surface area contributed by atoms with Crippen LogP contribution in [0.4, 0.5) is 0 Å². The van der Waals surface area contributed by atoms with Crippen LogP contribution in [0, 0.1) is 0 Å². The maximum absolute atomic E-state index is 10.8. The molecule has 0 aliphatic heterocycles.